The first-order valence-corrected chi connectivity index (χ1v) is 13.3. The molecule has 0 saturated carbocycles. The van der Waals surface area contributed by atoms with Crippen molar-refractivity contribution >= 4 is 50.9 Å². The Morgan fingerprint density at radius 3 is 2.73 bits per heavy atom. The molecule has 0 aliphatic carbocycles. The van der Waals surface area contributed by atoms with Crippen LogP contribution in [0.5, 0.6) is 0 Å². The molecule has 0 spiro atoms. The Kier molecular flexibility index (Phi) is 6.29. The van der Waals surface area contributed by atoms with E-state index in [-0.39, 0.29) is 23.0 Å². The number of amides is 1. The molecule has 4 aliphatic heterocycles. The fourth-order valence-electron chi connectivity index (χ4n) is 5.45. The molecule has 4 aliphatic rings. The number of alkyl halides is 3. The van der Waals surface area contributed by atoms with Gasteiger partial charge >= 0.3 is 6.18 Å². The average Bonchev–Trinajstić information content (AvgIpc) is 3.49. The van der Waals surface area contributed by atoms with Gasteiger partial charge in [0.05, 0.1) is 22.2 Å². The normalized spacial score (nSPS) is 25.0. The summed E-state index contributed by atoms with van der Waals surface area (Å²) < 4.78 is 41.7. The maximum absolute atomic E-state index is 13.9. The summed E-state index contributed by atoms with van der Waals surface area (Å²) in [6, 6.07) is 9.38. The van der Waals surface area contributed by atoms with Gasteiger partial charge < -0.3 is 10.2 Å². The predicted octanol–water partition coefficient (Wildman–Crippen LogP) is 5.50. The number of hydrogen-bond donors (Lipinski definition) is 2. The molecule has 2 N–H and O–H groups in total. The van der Waals surface area contributed by atoms with Gasteiger partial charge in [-0.25, -0.2) is 0 Å². The lowest BCUT2D eigenvalue weighted by Gasteiger charge is -2.45. The maximum Gasteiger partial charge on any atom is 0.416 e. The van der Waals surface area contributed by atoms with Crippen LogP contribution < -0.4 is 5.32 Å². The van der Waals surface area contributed by atoms with Crippen LogP contribution in [0, 0.1) is 5.92 Å². The molecule has 3 fully saturated rings. The number of nitrogens with one attached hydrogen (secondary N) is 2. The van der Waals surface area contributed by atoms with E-state index in [2.05, 4.69) is 25.4 Å². The van der Waals surface area contributed by atoms with Crippen LogP contribution in [0.1, 0.15) is 29.5 Å². The summed E-state index contributed by atoms with van der Waals surface area (Å²) in [5.74, 6) is 0.0846. The number of carbonyl (C=O) groups is 1. The van der Waals surface area contributed by atoms with Crippen LogP contribution in [-0.2, 0) is 17.4 Å². The van der Waals surface area contributed by atoms with Crippen molar-refractivity contribution in [3.8, 4) is 0 Å². The molecule has 11 heteroatoms. The number of aromatic nitrogens is 2. The van der Waals surface area contributed by atoms with E-state index in [1.807, 2.05) is 12.1 Å². The van der Waals surface area contributed by atoms with E-state index in [1.54, 1.807) is 12.3 Å². The van der Waals surface area contributed by atoms with E-state index in [9.17, 15) is 18.0 Å². The number of amidine groups is 1. The maximum atomic E-state index is 13.9. The molecule has 0 unspecified atom stereocenters. The molecule has 5 heterocycles. The Bertz CT molecular complexity index is 1440. The first-order chi connectivity index (χ1) is 17.7. The molecule has 7 rings (SSSR count). The number of aromatic amines is 1. The molecule has 192 valence electrons. The Morgan fingerprint density at radius 1 is 1.19 bits per heavy atom. The number of benzene rings is 2. The molecular weight excluding hydrogens is 523 g/mol. The van der Waals surface area contributed by atoms with Crippen LogP contribution in [0.3, 0.4) is 0 Å². The number of allylic oxidation sites excluding steroid dienone is 1. The van der Waals surface area contributed by atoms with Crippen LogP contribution in [-0.4, -0.2) is 51.8 Å². The van der Waals surface area contributed by atoms with Gasteiger partial charge in [-0.2, -0.15) is 23.3 Å². The Morgan fingerprint density at radius 2 is 2.00 bits per heavy atom. The minimum atomic E-state index is -4.59. The van der Waals surface area contributed by atoms with Crippen molar-refractivity contribution in [3.63, 3.8) is 0 Å². The Labute approximate surface area is 220 Å². The molecule has 37 heavy (non-hydrogen) atoms. The number of carbonyl (C=O) groups excluding carboxylic acids is 1. The molecule has 0 radical (unpaired) electrons. The highest BCUT2D eigenvalue weighted by Gasteiger charge is 2.37. The van der Waals surface area contributed by atoms with Crippen molar-refractivity contribution in [1.82, 2.24) is 20.4 Å². The Hall–Kier alpha value is -2.82. The van der Waals surface area contributed by atoms with Gasteiger partial charge in [0, 0.05) is 23.0 Å². The second-order valence-electron chi connectivity index (χ2n) is 9.67. The van der Waals surface area contributed by atoms with Crippen molar-refractivity contribution in [2.24, 2.45) is 10.9 Å². The summed E-state index contributed by atoms with van der Waals surface area (Å²) >= 11 is 7.11. The summed E-state index contributed by atoms with van der Waals surface area (Å²) in [5, 5.41) is 11.7. The topological polar surface area (TPSA) is 73.4 Å². The van der Waals surface area contributed by atoms with Crippen LogP contribution in [0.4, 0.5) is 13.2 Å². The molecule has 3 aromatic rings. The fourth-order valence-corrected chi connectivity index (χ4v) is 6.60. The summed E-state index contributed by atoms with van der Waals surface area (Å²) in [5.41, 5.74) is 1.15. The lowest BCUT2D eigenvalue weighted by Crippen LogP contribution is -2.56. The highest BCUT2D eigenvalue weighted by atomic mass is 35.5. The summed E-state index contributed by atoms with van der Waals surface area (Å²) in [4.78, 5) is 20.2. The molecule has 1 atom stereocenters. The van der Waals surface area contributed by atoms with Gasteiger partial charge in [-0.1, -0.05) is 23.7 Å². The lowest BCUT2D eigenvalue weighted by atomic mass is 9.84. The van der Waals surface area contributed by atoms with Gasteiger partial charge in [0.25, 0.3) is 5.91 Å². The predicted molar refractivity (Wildman–Crippen MR) is 139 cm³/mol. The number of hydrogen-bond acceptors (Lipinski definition) is 5. The third-order valence-corrected chi connectivity index (χ3v) is 8.63. The summed E-state index contributed by atoms with van der Waals surface area (Å²) in [6.45, 7) is 3.09. The van der Waals surface area contributed by atoms with Crippen molar-refractivity contribution < 1.29 is 18.0 Å². The van der Waals surface area contributed by atoms with Gasteiger partial charge in [-0.3, -0.25) is 9.89 Å². The zero-order valence-electron chi connectivity index (χ0n) is 19.6. The zero-order chi connectivity index (χ0) is 25.7. The SMILES string of the molecule is O=C1N=C(N[C@H]2CN3CCC2CC3)SC1=C(Cc1ccc(Cl)cc1C(F)(F)F)c1ccc2[nH]ncc2c1. The average molecular weight is 546 g/mol. The first kappa shape index (κ1) is 24.5. The van der Waals surface area contributed by atoms with E-state index < -0.39 is 17.6 Å². The third kappa shape index (κ3) is 4.89. The number of H-pyrrole nitrogens is 1. The van der Waals surface area contributed by atoms with Gasteiger partial charge in [-0.15, -0.1) is 0 Å². The quantitative estimate of drug-likeness (QED) is 0.423. The van der Waals surface area contributed by atoms with E-state index >= 15 is 0 Å². The van der Waals surface area contributed by atoms with E-state index in [0.717, 1.165) is 49.4 Å². The molecule has 1 amide bonds. The lowest BCUT2D eigenvalue weighted by molar-refractivity contribution is -0.138. The number of halogens is 4. The van der Waals surface area contributed by atoms with E-state index in [4.69, 9.17) is 11.6 Å². The van der Waals surface area contributed by atoms with Crippen LogP contribution in [0.15, 0.2) is 52.5 Å². The van der Waals surface area contributed by atoms with Crippen LogP contribution in [0.25, 0.3) is 16.5 Å². The molecule has 3 saturated heterocycles. The highest BCUT2D eigenvalue weighted by molar-refractivity contribution is 8.18. The minimum absolute atomic E-state index is 0.00347. The second kappa shape index (κ2) is 9.49. The number of rotatable bonds is 4. The monoisotopic (exact) mass is 545 g/mol. The van der Waals surface area contributed by atoms with E-state index in [0.29, 0.717) is 27.1 Å². The van der Waals surface area contributed by atoms with Crippen molar-refractivity contribution in [2.45, 2.75) is 31.5 Å². The van der Waals surface area contributed by atoms with Gasteiger partial charge in [0.2, 0.25) is 0 Å². The molecule has 2 bridgehead atoms. The van der Waals surface area contributed by atoms with Crippen LogP contribution in [0.2, 0.25) is 5.02 Å². The summed E-state index contributed by atoms with van der Waals surface area (Å²) in [7, 11) is 0. The van der Waals surface area contributed by atoms with Crippen molar-refractivity contribution in [2.75, 3.05) is 19.6 Å². The fraction of sp³-hybridized carbons (Fsp3) is 0.346. The Balaban J connectivity index is 1.37. The van der Waals surface area contributed by atoms with Crippen molar-refractivity contribution in [1.29, 1.82) is 0 Å². The number of aliphatic imine (C=N–C) groups is 1. The standard InChI is InChI=1S/C26H23ClF3N5OS/c27-18-3-1-16(20(11-18)26(28,29)30)10-19(15-2-4-21-17(9-15)12-31-34-21)23-24(36)33-25(37-23)32-22-13-35-7-5-14(22)6-8-35/h1-4,9,11-12,14,22H,5-8,10,13H2,(H,31,34)(H,32,33,36)/t22-/m0/s1. The number of thioether (sulfide) groups is 1. The first-order valence-electron chi connectivity index (χ1n) is 12.1. The number of piperidine rings is 3. The third-order valence-electron chi connectivity index (χ3n) is 7.37. The van der Waals surface area contributed by atoms with Gasteiger partial charge in [0.15, 0.2) is 5.17 Å². The number of nitrogens with zero attached hydrogens (tertiary/aromatic N) is 3. The summed E-state index contributed by atoms with van der Waals surface area (Å²) in [6.07, 6.45) is -0.828. The van der Waals surface area contributed by atoms with Gasteiger partial charge in [0.1, 0.15) is 0 Å². The van der Waals surface area contributed by atoms with Crippen molar-refractivity contribution in [3.05, 3.63) is 69.2 Å². The van der Waals surface area contributed by atoms with E-state index in [1.165, 1.54) is 23.9 Å². The minimum Gasteiger partial charge on any atom is -0.360 e. The molecule has 2 aromatic carbocycles. The zero-order valence-corrected chi connectivity index (χ0v) is 21.2. The molecular formula is C26H23ClF3N5OS. The second-order valence-corrected chi connectivity index (χ2v) is 11.1. The van der Waals surface area contributed by atoms with Gasteiger partial charge in [-0.05, 0) is 91.0 Å². The highest BCUT2D eigenvalue weighted by Crippen LogP contribution is 2.40. The van der Waals surface area contributed by atoms with Crippen LogP contribution >= 0.6 is 23.4 Å². The smallest absolute Gasteiger partial charge is 0.360 e. The molecule has 6 nitrogen and oxygen atoms in total. The molecule has 1 aromatic heterocycles. The number of fused-ring (bicyclic) bond motifs is 4. The largest absolute Gasteiger partial charge is 0.416 e.